The van der Waals surface area contributed by atoms with Crippen LogP contribution in [0, 0.1) is 23.7 Å². The third-order valence-electron chi connectivity index (χ3n) is 6.81. The first kappa shape index (κ1) is 15.8. The number of rotatable bonds is 5. The van der Waals surface area contributed by atoms with Crippen molar-refractivity contribution in [3.63, 3.8) is 0 Å². The third-order valence-corrected chi connectivity index (χ3v) is 6.81. The SMILES string of the molecule is CC(C)C1CC(CN)(N(C)CC2CC3CCC2C3)CCO1. The molecule has 1 heterocycles. The molecule has 0 aromatic heterocycles. The first-order chi connectivity index (χ1) is 10.0. The molecule has 0 aromatic carbocycles. The van der Waals surface area contributed by atoms with Crippen molar-refractivity contribution in [1.29, 1.82) is 0 Å². The van der Waals surface area contributed by atoms with E-state index >= 15 is 0 Å². The van der Waals surface area contributed by atoms with Crippen LogP contribution in [0.1, 0.15) is 52.4 Å². The molecule has 2 aliphatic carbocycles. The minimum atomic E-state index is 0.176. The van der Waals surface area contributed by atoms with E-state index in [0.717, 1.165) is 43.7 Å². The van der Waals surface area contributed by atoms with E-state index in [1.165, 1.54) is 32.2 Å². The molecule has 3 rings (SSSR count). The topological polar surface area (TPSA) is 38.5 Å². The van der Waals surface area contributed by atoms with Crippen molar-refractivity contribution in [1.82, 2.24) is 4.90 Å². The number of nitrogens with zero attached hydrogens (tertiary/aromatic N) is 1. The van der Waals surface area contributed by atoms with Gasteiger partial charge in [-0.15, -0.1) is 0 Å². The minimum absolute atomic E-state index is 0.176. The van der Waals surface area contributed by atoms with Crippen LogP contribution in [-0.4, -0.2) is 43.3 Å². The summed E-state index contributed by atoms with van der Waals surface area (Å²) in [6.07, 6.45) is 8.55. The molecule has 122 valence electrons. The fourth-order valence-electron chi connectivity index (χ4n) is 5.20. The number of hydrogen-bond donors (Lipinski definition) is 1. The quantitative estimate of drug-likeness (QED) is 0.847. The monoisotopic (exact) mass is 294 g/mol. The van der Waals surface area contributed by atoms with Gasteiger partial charge in [0.15, 0.2) is 0 Å². The second-order valence-corrected chi connectivity index (χ2v) is 8.35. The van der Waals surface area contributed by atoms with Crippen molar-refractivity contribution in [3.8, 4) is 0 Å². The third kappa shape index (κ3) is 3.02. The van der Waals surface area contributed by atoms with E-state index in [-0.39, 0.29) is 5.54 Å². The number of hydrogen-bond acceptors (Lipinski definition) is 3. The second kappa shape index (κ2) is 6.17. The van der Waals surface area contributed by atoms with E-state index in [0.29, 0.717) is 12.0 Å². The van der Waals surface area contributed by atoms with Crippen molar-refractivity contribution in [2.45, 2.75) is 64.0 Å². The number of likely N-dealkylation sites (N-methyl/N-ethyl adjacent to an activating group) is 1. The van der Waals surface area contributed by atoms with Gasteiger partial charge in [0.05, 0.1) is 6.10 Å². The Balaban J connectivity index is 1.64. The van der Waals surface area contributed by atoms with E-state index in [1.54, 1.807) is 0 Å². The van der Waals surface area contributed by atoms with Gasteiger partial charge in [0.2, 0.25) is 0 Å². The van der Waals surface area contributed by atoms with Gasteiger partial charge in [0.25, 0.3) is 0 Å². The minimum Gasteiger partial charge on any atom is -0.378 e. The lowest BCUT2D eigenvalue weighted by Crippen LogP contribution is -2.58. The Bertz CT molecular complexity index is 359. The molecule has 2 bridgehead atoms. The van der Waals surface area contributed by atoms with Gasteiger partial charge in [0.1, 0.15) is 0 Å². The van der Waals surface area contributed by atoms with Gasteiger partial charge in [-0.05, 0) is 62.8 Å². The van der Waals surface area contributed by atoms with Gasteiger partial charge in [0, 0.05) is 25.2 Å². The summed E-state index contributed by atoms with van der Waals surface area (Å²) in [6.45, 7) is 7.45. The average molecular weight is 294 g/mol. The largest absolute Gasteiger partial charge is 0.378 e. The van der Waals surface area contributed by atoms with Crippen molar-refractivity contribution in [2.24, 2.45) is 29.4 Å². The van der Waals surface area contributed by atoms with Crippen LogP contribution in [-0.2, 0) is 4.74 Å². The number of ether oxygens (including phenoxy) is 1. The molecule has 3 nitrogen and oxygen atoms in total. The highest BCUT2D eigenvalue weighted by Crippen LogP contribution is 2.49. The Morgan fingerprint density at radius 2 is 2.10 bits per heavy atom. The van der Waals surface area contributed by atoms with E-state index in [1.807, 2.05) is 0 Å². The van der Waals surface area contributed by atoms with Gasteiger partial charge in [-0.25, -0.2) is 0 Å². The Labute approximate surface area is 130 Å². The van der Waals surface area contributed by atoms with Crippen LogP contribution < -0.4 is 5.73 Å². The maximum atomic E-state index is 6.25. The van der Waals surface area contributed by atoms with Gasteiger partial charge < -0.3 is 10.5 Å². The molecule has 0 spiro atoms. The predicted octanol–water partition coefficient (Wildman–Crippen LogP) is 2.89. The molecule has 3 heteroatoms. The highest BCUT2D eigenvalue weighted by atomic mass is 16.5. The van der Waals surface area contributed by atoms with Crippen LogP contribution in [0.25, 0.3) is 0 Å². The lowest BCUT2D eigenvalue weighted by molar-refractivity contribution is -0.0852. The molecule has 2 N–H and O–H groups in total. The molecule has 3 aliphatic rings. The summed E-state index contributed by atoms with van der Waals surface area (Å²) >= 11 is 0. The fourth-order valence-corrected chi connectivity index (χ4v) is 5.20. The van der Waals surface area contributed by atoms with Gasteiger partial charge >= 0.3 is 0 Å². The zero-order valence-electron chi connectivity index (χ0n) is 14.2. The van der Waals surface area contributed by atoms with E-state index < -0.39 is 0 Å². The summed E-state index contributed by atoms with van der Waals surface area (Å²) in [5.41, 5.74) is 6.43. The fraction of sp³-hybridized carbons (Fsp3) is 1.00. The van der Waals surface area contributed by atoms with Crippen LogP contribution >= 0.6 is 0 Å². The molecule has 5 atom stereocenters. The van der Waals surface area contributed by atoms with E-state index in [2.05, 4.69) is 25.8 Å². The zero-order valence-corrected chi connectivity index (χ0v) is 14.2. The molecule has 21 heavy (non-hydrogen) atoms. The molecule has 5 unspecified atom stereocenters. The summed E-state index contributed by atoms with van der Waals surface area (Å²) in [4.78, 5) is 2.62. The molecule has 2 saturated carbocycles. The maximum absolute atomic E-state index is 6.25. The average Bonchev–Trinajstić information content (AvgIpc) is 3.09. The molecular formula is C18H34N2O. The lowest BCUT2D eigenvalue weighted by Gasteiger charge is -2.48. The predicted molar refractivity (Wildman–Crippen MR) is 87.2 cm³/mol. The first-order valence-electron chi connectivity index (χ1n) is 9.07. The highest BCUT2D eigenvalue weighted by molar-refractivity contribution is 4.98. The summed E-state index contributed by atoms with van der Waals surface area (Å²) in [7, 11) is 2.32. The summed E-state index contributed by atoms with van der Waals surface area (Å²) in [5, 5.41) is 0. The van der Waals surface area contributed by atoms with Crippen molar-refractivity contribution < 1.29 is 4.74 Å². The summed E-state index contributed by atoms with van der Waals surface area (Å²) in [6, 6.07) is 0. The Kier molecular flexibility index (Phi) is 4.63. The first-order valence-corrected chi connectivity index (χ1v) is 9.07. The maximum Gasteiger partial charge on any atom is 0.0616 e. The Morgan fingerprint density at radius 3 is 2.67 bits per heavy atom. The summed E-state index contributed by atoms with van der Waals surface area (Å²) < 4.78 is 5.98. The second-order valence-electron chi connectivity index (χ2n) is 8.35. The molecule has 3 fully saturated rings. The molecule has 0 aromatic rings. The van der Waals surface area contributed by atoms with Crippen molar-refractivity contribution >= 4 is 0 Å². The Morgan fingerprint density at radius 1 is 1.29 bits per heavy atom. The van der Waals surface area contributed by atoms with Crippen molar-refractivity contribution in [3.05, 3.63) is 0 Å². The van der Waals surface area contributed by atoms with Crippen LogP contribution in [0.15, 0.2) is 0 Å². The molecule has 1 aliphatic heterocycles. The standard InChI is InChI=1S/C18H34N2O/c1-13(2)17-10-18(12-19,6-7-21-17)20(3)11-16-9-14-4-5-15(16)8-14/h13-17H,4-12,19H2,1-3H3. The van der Waals surface area contributed by atoms with Crippen LogP contribution in [0.4, 0.5) is 0 Å². The zero-order chi connectivity index (χ0) is 15.0. The summed E-state index contributed by atoms with van der Waals surface area (Å²) in [5.74, 6) is 3.57. The van der Waals surface area contributed by atoms with Crippen LogP contribution in [0.3, 0.4) is 0 Å². The van der Waals surface area contributed by atoms with Gasteiger partial charge in [-0.2, -0.15) is 0 Å². The van der Waals surface area contributed by atoms with E-state index in [4.69, 9.17) is 10.5 Å². The molecule has 1 saturated heterocycles. The molecule has 0 radical (unpaired) electrons. The molecule has 0 amide bonds. The van der Waals surface area contributed by atoms with E-state index in [9.17, 15) is 0 Å². The normalized spacial score (nSPS) is 43.1. The van der Waals surface area contributed by atoms with Gasteiger partial charge in [-0.1, -0.05) is 20.3 Å². The molecular weight excluding hydrogens is 260 g/mol. The van der Waals surface area contributed by atoms with Crippen LogP contribution in [0.5, 0.6) is 0 Å². The van der Waals surface area contributed by atoms with Gasteiger partial charge in [-0.3, -0.25) is 4.90 Å². The highest BCUT2D eigenvalue weighted by Gasteiger charge is 2.44. The van der Waals surface area contributed by atoms with Crippen LogP contribution in [0.2, 0.25) is 0 Å². The Hall–Kier alpha value is -0.120. The number of fused-ring (bicyclic) bond motifs is 2. The van der Waals surface area contributed by atoms with Crippen molar-refractivity contribution in [2.75, 3.05) is 26.7 Å². The number of nitrogens with two attached hydrogens (primary N) is 1. The smallest absolute Gasteiger partial charge is 0.0616 e. The lowest BCUT2D eigenvalue weighted by atomic mass is 9.80.